The van der Waals surface area contributed by atoms with E-state index in [1.54, 1.807) is 10.6 Å². The van der Waals surface area contributed by atoms with Gasteiger partial charge in [-0.25, -0.2) is 4.98 Å². The van der Waals surface area contributed by atoms with Crippen LogP contribution >= 0.6 is 11.8 Å². The van der Waals surface area contributed by atoms with E-state index in [9.17, 15) is 9.59 Å². The largest absolute Gasteiger partial charge is 0.325 e. The minimum Gasteiger partial charge on any atom is -0.325 e. The molecule has 1 heterocycles. The zero-order chi connectivity index (χ0) is 21.8. The first-order valence-corrected chi connectivity index (χ1v) is 11.2. The van der Waals surface area contributed by atoms with Crippen molar-refractivity contribution in [1.29, 1.82) is 0 Å². The molecule has 0 spiro atoms. The molecular weight excluding hydrogens is 394 g/mol. The van der Waals surface area contributed by atoms with Gasteiger partial charge in [0.15, 0.2) is 5.16 Å². The Morgan fingerprint density at radius 3 is 2.47 bits per heavy atom. The first kappa shape index (κ1) is 22.1. The maximum Gasteiger partial charge on any atom is 0.262 e. The summed E-state index contributed by atoms with van der Waals surface area (Å²) in [7, 11) is 0. The Labute approximate surface area is 181 Å². The van der Waals surface area contributed by atoms with Gasteiger partial charge in [0.1, 0.15) is 0 Å². The number of carbonyl (C=O) groups excluding carboxylic acids is 1. The number of anilines is 1. The number of rotatable bonds is 7. The fourth-order valence-corrected chi connectivity index (χ4v) is 4.35. The Morgan fingerprint density at radius 1 is 1.13 bits per heavy atom. The van der Waals surface area contributed by atoms with Gasteiger partial charge in [0.2, 0.25) is 5.91 Å². The van der Waals surface area contributed by atoms with E-state index < -0.39 is 0 Å². The van der Waals surface area contributed by atoms with E-state index in [0.29, 0.717) is 28.5 Å². The average molecular weight is 424 g/mol. The lowest BCUT2D eigenvalue weighted by Crippen LogP contribution is -2.25. The van der Waals surface area contributed by atoms with E-state index in [4.69, 9.17) is 0 Å². The van der Waals surface area contributed by atoms with Crippen molar-refractivity contribution in [2.24, 2.45) is 5.92 Å². The Morgan fingerprint density at radius 2 is 1.80 bits per heavy atom. The Balaban J connectivity index is 1.83. The SMILES string of the molecule is Cc1cc(C)c(NC(=O)CSc2nc3ccccc3c(=O)n2CCC(C)C)c(C)c1. The van der Waals surface area contributed by atoms with Crippen molar-refractivity contribution in [3.8, 4) is 0 Å². The van der Waals surface area contributed by atoms with Crippen molar-refractivity contribution in [2.45, 2.75) is 52.7 Å². The standard InChI is InChI=1S/C24H29N3O2S/c1-15(2)10-11-27-23(29)19-8-6-7-9-20(19)25-24(27)30-14-21(28)26-22-17(4)12-16(3)13-18(22)5/h6-9,12-13,15H,10-11,14H2,1-5H3,(H,26,28). The molecule has 0 atom stereocenters. The van der Waals surface area contributed by atoms with Gasteiger partial charge in [0.05, 0.1) is 16.7 Å². The van der Waals surface area contributed by atoms with Crippen LogP contribution < -0.4 is 10.9 Å². The van der Waals surface area contributed by atoms with Gasteiger partial charge in [-0.15, -0.1) is 0 Å². The summed E-state index contributed by atoms with van der Waals surface area (Å²) >= 11 is 1.31. The van der Waals surface area contributed by atoms with Gasteiger partial charge < -0.3 is 5.32 Å². The molecule has 0 unspecified atom stereocenters. The fourth-order valence-electron chi connectivity index (χ4n) is 3.53. The van der Waals surface area contributed by atoms with Crippen LogP contribution in [0.2, 0.25) is 0 Å². The normalized spacial score (nSPS) is 11.3. The van der Waals surface area contributed by atoms with Crippen molar-refractivity contribution in [2.75, 3.05) is 11.1 Å². The highest BCUT2D eigenvalue weighted by molar-refractivity contribution is 7.99. The van der Waals surface area contributed by atoms with Crippen LogP contribution in [0.15, 0.2) is 46.3 Å². The van der Waals surface area contributed by atoms with Crippen LogP contribution in [0, 0.1) is 26.7 Å². The molecule has 3 rings (SSSR count). The average Bonchev–Trinajstić information content (AvgIpc) is 2.68. The minimum absolute atomic E-state index is 0.0469. The molecule has 0 aliphatic rings. The Kier molecular flexibility index (Phi) is 6.98. The van der Waals surface area contributed by atoms with E-state index in [0.717, 1.165) is 23.2 Å². The first-order valence-electron chi connectivity index (χ1n) is 10.3. The second kappa shape index (κ2) is 9.47. The minimum atomic E-state index is -0.104. The molecule has 0 aliphatic heterocycles. The molecule has 158 valence electrons. The highest BCUT2D eigenvalue weighted by Crippen LogP contribution is 2.23. The highest BCUT2D eigenvalue weighted by Gasteiger charge is 2.15. The molecular formula is C24H29N3O2S. The second-order valence-electron chi connectivity index (χ2n) is 8.16. The summed E-state index contributed by atoms with van der Waals surface area (Å²) in [4.78, 5) is 30.4. The summed E-state index contributed by atoms with van der Waals surface area (Å²) < 4.78 is 1.71. The zero-order valence-electron chi connectivity index (χ0n) is 18.3. The molecule has 0 aliphatic carbocycles. The van der Waals surface area contributed by atoms with Crippen molar-refractivity contribution >= 4 is 34.3 Å². The van der Waals surface area contributed by atoms with Crippen molar-refractivity contribution < 1.29 is 4.79 Å². The lowest BCUT2D eigenvalue weighted by molar-refractivity contribution is -0.113. The van der Waals surface area contributed by atoms with Gasteiger partial charge in [0, 0.05) is 12.2 Å². The monoisotopic (exact) mass is 423 g/mol. The van der Waals surface area contributed by atoms with Crippen molar-refractivity contribution in [3.63, 3.8) is 0 Å². The number of nitrogens with zero attached hydrogens (tertiary/aromatic N) is 2. The molecule has 2 aromatic carbocycles. The van der Waals surface area contributed by atoms with Crippen LogP contribution in [0.4, 0.5) is 5.69 Å². The van der Waals surface area contributed by atoms with E-state index in [2.05, 4.69) is 36.3 Å². The molecule has 6 heteroatoms. The number of aryl methyl sites for hydroxylation is 3. The molecule has 5 nitrogen and oxygen atoms in total. The molecule has 1 amide bonds. The third kappa shape index (κ3) is 5.11. The number of fused-ring (bicyclic) bond motifs is 1. The Hall–Kier alpha value is -2.60. The molecule has 0 fully saturated rings. The zero-order valence-corrected chi connectivity index (χ0v) is 19.1. The number of hydrogen-bond acceptors (Lipinski definition) is 4. The molecule has 0 saturated heterocycles. The van der Waals surface area contributed by atoms with Crippen molar-refractivity contribution in [3.05, 3.63) is 63.4 Å². The van der Waals surface area contributed by atoms with Gasteiger partial charge in [-0.2, -0.15) is 0 Å². The molecule has 0 saturated carbocycles. The Bertz CT molecular complexity index is 1110. The number of amides is 1. The van der Waals surface area contributed by atoms with Gasteiger partial charge in [-0.1, -0.05) is 55.4 Å². The summed E-state index contributed by atoms with van der Waals surface area (Å²) in [5.41, 5.74) is 4.74. The van der Waals surface area contributed by atoms with Crippen LogP contribution in [0.3, 0.4) is 0 Å². The molecule has 3 aromatic rings. The van der Waals surface area contributed by atoms with Gasteiger partial charge in [-0.05, 0) is 56.4 Å². The van der Waals surface area contributed by atoms with Gasteiger partial charge in [0.25, 0.3) is 5.56 Å². The van der Waals surface area contributed by atoms with Crippen LogP contribution in [0.5, 0.6) is 0 Å². The highest BCUT2D eigenvalue weighted by atomic mass is 32.2. The third-order valence-electron chi connectivity index (χ3n) is 5.03. The third-order valence-corrected chi connectivity index (χ3v) is 6.01. The van der Waals surface area contributed by atoms with Crippen LogP contribution in [-0.2, 0) is 11.3 Å². The quantitative estimate of drug-likeness (QED) is 0.424. The maximum absolute atomic E-state index is 13.0. The van der Waals surface area contributed by atoms with Crippen LogP contribution in [-0.4, -0.2) is 21.2 Å². The number of hydrogen-bond donors (Lipinski definition) is 1. The number of para-hydroxylation sites is 1. The van der Waals surface area contributed by atoms with Gasteiger partial charge >= 0.3 is 0 Å². The molecule has 1 N–H and O–H groups in total. The number of aromatic nitrogens is 2. The van der Waals surface area contributed by atoms with E-state index in [1.807, 2.05) is 39.0 Å². The lowest BCUT2D eigenvalue weighted by Gasteiger charge is -2.15. The summed E-state index contributed by atoms with van der Waals surface area (Å²) in [6, 6.07) is 11.5. The van der Waals surface area contributed by atoms with Crippen LogP contribution in [0.1, 0.15) is 37.0 Å². The number of benzene rings is 2. The molecule has 0 bridgehead atoms. The lowest BCUT2D eigenvalue weighted by atomic mass is 10.1. The predicted octanol–water partition coefficient (Wildman–Crippen LogP) is 5.10. The summed E-state index contributed by atoms with van der Waals surface area (Å²) in [5.74, 6) is 0.559. The predicted molar refractivity (Wildman–Crippen MR) is 125 cm³/mol. The first-order chi connectivity index (χ1) is 14.3. The second-order valence-corrected chi connectivity index (χ2v) is 9.10. The number of nitrogens with one attached hydrogen (secondary N) is 1. The van der Waals surface area contributed by atoms with E-state index in [-0.39, 0.29) is 17.2 Å². The summed E-state index contributed by atoms with van der Waals surface area (Å²) in [5, 5.41) is 4.22. The fraction of sp³-hybridized carbons (Fsp3) is 0.375. The topological polar surface area (TPSA) is 64.0 Å². The molecule has 1 aromatic heterocycles. The maximum atomic E-state index is 13.0. The summed E-state index contributed by atoms with van der Waals surface area (Å²) in [6.45, 7) is 10.9. The number of carbonyl (C=O) groups is 1. The number of thioether (sulfide) groups is 1. The van der Waals surface area contributed by atoms with Crippen LogP contribution in [0.25, 0.3) is 10.9 Å². The molecule has 0 radical (unpaired) electrons. The summed E-state index contributed by atoms with van der Waals surface area (Å²) in [6.07, 6.45) is 0.876. The van der Waals surface area contributed by atoms with E-state index in [1.165, 1.54) is 17.3 Å². The van der Waals surface area contributed by atoms with Crippen molar-refractivity contribution in [1.82, 2.24) is 9.55 Å². The van der Waals surface area contributed by atoms with E-state index >= 15 is 0 Å². The van der Waals surface area contributed by atoms with Gasteiger partial charge in [-0.3, -0.25) is 14.2 Å². The smallest absolute Gasteiger partial charge is 0.262 e. The molecule has 30 heavy (non-hydrogen) atoms.